The molecule has 0 saturated carbocycles. The smallest absolute Gasteiger partial charge is 0.342 e. The Morgan fingerprint density at radius 1 is 1.19 bits per heavy atom. The Morgan fingerprint density at radius 3 is 2.52 bits per heavy atom. The Kier molecular flexibility index (Phi) is 5.61. The third-order valence-corrected chi connectivity index (χ3v) is 3.96. The summed E-state index contributed by atoms with van der Waals surface area (Å²) in [4.78, 5) is 25.7. The summed E-state index contributed by atoms with van der Waals surface area (Å²) in [5.41, 5.74) is 0.0491. The maximum atomic E-state index is 12.0. The molecule has 114 valence electrons. The number of amides is 1. The Bertz CT molecular complexity index is 524. The van der Waals surface area contributed by atoms with E-state index in [0.717, 1.165) is 38.8 Å². The van der Waals surface area contributed by atoms with Crippen LogP contribution in [0.15, 0.2) is 22.7 Å². The highest BCUT2D eigenvalue weighted by molar-refractivity contribution is 9.10. The van der Waals surface area contributed by atoms with Gasteiger partial charge in [0.25, 0.3) is 5.91 Å². The highest BCUT2D eigenvalue weighted by atomic mass is 79.9. The lowest BCUT2D eigenvalue weighted by Gasteiger charge is -2.20. The van der Waals surface area contributed by atoms with E-state index < -0.39 is 5.97 Å². The standard InChI is InChI=1S/C15H18BrNO4/c16-11-5-6-13(18)12(9-11)15(20)21-10-14(19)17-7-3-1-2-4-8-17/h5-6,9,18H,1-4,7-8,10H2. The molecule has 1 heterocycles. The molecule has 1 aromatic carbocycles. The fourth-order valence-corrected chi connectivity index (χ4v) is 2.65. The molecule has 0 bridgehead atoms. The van der Waals surface area contributed by atoms with Gasteiger partial charge in [-0.05, 0) is 31.0 Å². The fraction of sp³-hybridized carbons (Fsp3) is 0.467. The first-order valence-electron chi connectivity index (χ1n) is 7.01. The molecule has 0 aliphatic carbocycles. The van der Waals surface area contributed by atoms with Crippen molar-refractivity contribution in [3.05, 3.63) is 28.2 Å². The first-order chi connectivity index (χ1) is 10.1. The van der Waals surface area contributed by atoms with Crippen LogP contribution < -0.4 is 0 Å². The van der Waals surface area contributed by atoms with E-state index in [4.69, 9.17) is 4.74 Å². The first kappa shape index (κ1) is 15.8. The van der Waals surface area contributed by atoms with E-state index in [1.807, 2.05) is 0 Å². The van der Waals surface area contributed by atoms with Crippen LogP contribution in [0.3, 0.4) is 0 Å². The van der Waals surface area contributed by atoms with Crippen molar-refractivity contribution in [1.29, 1.82) is 0 Å². The van der Waals surface area contributed by atoms with E-state index in [9.17, 15) is 14.7 Å². The number of halogens is 1. The van der Waals surface area contributed by atoms with E-state index >= 15 is 0 Å². The lowest BCUT2D eigenvalue weighted by molar-refractivity contribution is -0.134. The van der Waals surface area contributed by atoms with Crippen molar-refractivity contribution in [2.75, 3.05) is 19.7 Å². The summed E-state index contributed by atoms with van der Waals surface area (Å²) in [6, 6.07) is 4.49. The molecule has 1 aliphatic heterocycles. The van der Waals surface area contributed by atoms with Crippen LogP contribution in [0.4, 0.5) is 0 Å². The van der Waals surface area contributed by atoms with Gasteiger partial charge in [0.15, 0.2) is 6.61 Å². The van der Waals surface area contributed by atoms with E-state index in [1.54, 1.807) is 11.0 Å². The molecule has 5 nitrogen and oxygen atoms in total. The summed E-state index contributed by atoms with van der Waals surface area (Å²) in [6.07, 6.45) is 4.25. The number of hydrogen-bond acceptors (Lipinski definition) is 4. The Hall–Kier alpha value is -1.56. The Labute approximate surface area is 132 Å². The number of ether oxygens (including phenoxy) is 1. The third kappa shape index (κ3) is 4.46. The van der Waals surface area contributed by atoms with Crippen LogP contribution in [0, 0.1) is 0 Å². The summed E-state index contributed by atoms with van der Waals surface area (Å²) in [5.74, 6) is -1.04. The van der Waals surface area contributed by atoms with Crippen molar-refractivity contribution in [2.45, 2.75) is 25.7 Å². The van der Waals surface area contributed by atoms with Crippen LogP contribution in [0.25, 0.3) is 0 Å². The van der Waals surface area contributed by atoms with Crippen LogP contribution in [-0.4, -0.2) is 41.6 Å². The third-order valence-electron chi connectivity index (χ3n) is 3.46. The topological polar surface area (TPSA) is 66.8 Å². The zero-order valence-corrected chi connectivity index (χ0v) is 13.3. The predicted molar refractivity (Wildman–Crippen MR) is 81.1 cm³/mol. The predicted octanol–water partition coefficient (Wildman–Crippen LogP) is 2.71. The number of nitrogens with zero attached hydrogens (tertiary/aromatic N) is 1. The van der Waals surface area contributed by atoms with Crippen LogP contribution in [0.5, 0.6) is 5.75 Å². The number of phenolic OH excluding ortho intramolecular Hbond substituents is 1. The average Bonchev–Trinajstić information content (AvgIpc) is 2.76. The molecule has 0 unspecified atom stereocenters. The molecular formula is C15H18BrNO4. The molecule has 0 spiro atoms. The zero-order valence-electron chi connectivity index (χ0n) is 11.7. The average molecular weight is 356 g/mol. The zero-order chi connectivity index (χ0) is 15.2. The summed E-state index contributed by atoms with van der Waals surface area (Å²) in [6.45, 7) is 1.15. The molecule has 1 aliphatic rings. The maximum absolute atomic E-state index is 12.0. The number of aromatic hydroxyl groups is 1. The van der Waals surface area contributed by atoms with Gasteiger partial charge in [0, 0.05) is 17.6 Å². The summed E-state index contributed by atoms with van der Waals surface area (Å²) in [5, 5.41) is 9.64. The minimum atomic E-state index is -0.697. The minimum absolute atomic E-state index is 0.0491. The monoisotopic (exact) mass is 355 g/mol. The van der Waals surface area contributed by atoms with Gasteiger partial charge in [-0.2, -0.15) is 0 Å². The molecule has 1 aromatic rings. The summed E-state index contributed by atoms with van der Waals surface area (Å²) >= 11 is 3.22. The summed E-state index contributed by atoms with van der Waals surface area (Å²) in [7, 11) is 0. The van der Waals surface area contributed by atoms with Crippen LogP contribution >= 0.6 is 15.9 Å². The number of likely N-dealkylation sites (tertiary alicyclic amines) is 1. The number of benzene rings is 1. The van der Waals surface area contributed by atoms with Gasteiger partial charge in [-0.25, -0.2) is 4.79 Å². The molecule has 1 N–H and O–H groups in total. The van der Waals surface area contributed by atoms with Crippen LogP contribution in [0.1, 0.15) is 36.0 Å². The molecule has 1 amide bonds. The van der Waals surface area contributed by atoms with Gasteiger partial charge in [0.2, 0.25) is 0 Å². The van der Waals surface area contributed by atoms with Crippen molar-refractivity contribution in [2.24, 2.45) is 0 Å². The number of phenols is 1. The van der Waals surface area contributed by atoms with E-state index in [0.29, 0.717) is 4.47 Å². The molecule has 0 aromatic heterocycles. The number of hydrogen-bond donors (Lipinski definition) is 1. The number of rotatable bonds is 3. The maximum Gasteiger partial charge on any atom is 0.342 e. The van der Waals surface area contributed by atoms with Gasteiger partial charge in [-0.3, -0.25) is 4.79 Å². The van der Waals surface area contributed by atoms with E-state index in [1.165, 1.54) is 12.1 Å². The molecule has 0 radical (unpaired) electrons. The SMILES string of the molecule is O=C(OCC(=O)N1CCCCCC1)c1cc(Br)ccc1O. The minimum Gasteiger partial charge on any atom is -0.507 e. The van der Waals surface area contributed by atoms with Crippen LogP contribution in [-0.2, 0) is 9.53 Å². The van der Waals surface area contributed by atoms with Gasteiger partial charge >= 0.3 is 5.97 Å². The second kappa shape index (κ2) is 7.45. The quantitative estimate of drug-likeness (QED) is 0.846. The second-order valence-electron chi connectivity index (χ2n) is 5.03. The van der Waals surface area contributed by atoms with Gasteiger partial charge in [0.1, 0.15) is 11.3 Å². The first-order valence-corrected chi connectivity index (χ1v) is 7.80. The van der Waals surface area contributed by atoms with Gasteiger partial charge in [-0.15, -0.1) is 0 Å². The lowest BCUT2D eigenvalue weighted by Crippen LogP contribution is -2.35. The van der Waals surface area contributed by atoms with E-state index in [2.05, 4.69) is 15.9 Å². The molecule has 21 heavy (non-hydrogen) atoms. The highest BCUT2D eigenvalue weighted by Crippen LogP contribution is 2.22. The van der Waals surface area contributed by atoms with Crippen molar-refractivity contribution in [3.8, 4) is 5.75 Å². The molecule has 1 fully saturated rings. The summed E-state index contributed by atoms with van der Waals surface area (Å²) < 4.78 is 5.67. The van der Waals surface area contributed by atoms with Crippen molar-refractivity contribution in [3.63, 3.8) is 0 Å². The normalized spacial score (nSPS) is 15.4. The Morgan fingerprint density at radius 2 is 1.86 bits per heavy atom. The number of esters is 1. The molecule has 6 heteroatoms. The highest BCUT2D eigenvalue weighted by Gasteiger charge is 2.19. The van der Waals surface area contributed by atoms with Gasteiger partial charge in [0.05, 0.1) is 0 Å². The van der Waals surface area contributed by atoms with Gasteiger partial charge in [-0.1, -0.05) is 28.8 Å². The van der Waals surface area contributed by atoms with E-state index in [-0.39, 0.29) is 23.8 Å². The number of carbonyl (C=O) groups excluding carboxylic acids is 2. The largest absolute Gasteiger partial charge is 0.507 e. The Balaban J connectivity index is 1.91. The van der Waals surface area contributed by atoms with Crippen molar-refractivity contribution < 1.29 is 19.4 Å². The van der Waals surface area contributed by atoms with Crippen LogP contribution in [0.2, 0.25) is 0 Å². The van der Waals surface area contributed by atoms with Crippen molar-refractivity contribution in [1.82, 2.24) is 4.90 Å². The fourth-order valence-electron chi connectivity index (χ4n) is 2.29. The lowest BCUT2D eigenvalue weighted by atomic mass is 10.2. The number of carbonyl (C=O) groups is 2. The molecule has 2 rings (SSSR count). The molecule has 1 saturated heterocycles. The van der Waals surface area contributed by atoms with Crippen molar-refractivity contribution >= 4 is 27.8 Å². The molecule has 0 atom stereocenters. The second-order valence-corrected chi connectivity index (χ2v) is 5.95. The van der Waals surface area contributed by atoms with Gasteiger partial charge < -0.3 is 14.7 Å². The molecular weight excluding hydrogens is 338 g/mol.